The molecule has 20 heavy (non-hydrogen) atoms. The fourth-order valence-electron chi connectivity index (χ4n) is 3.50. The third kappa shape index (κ3) is 2.67. The maximum atomic E-state index is 12.5. The molecule has 1 N–H and O–H groups in total. The van der Waals surface area contributed by atoms with Crippen molar-refractivity contribution in [2.24, 2.45) is 0 Å². The van der Waals surface area contributed by atoms with Crippen LogP contribution < -0.4 is 10.2 Å². The molecular formula is C17H24N2O. The molecule has 1 saturated carbocycles. The molecule has 1 aliphatic carbocycles. The number of rotatable bonds is 3. The molecule has 1 fully saturated rings. The molecule has 3 nitrogen and oxygen atoms in total. The summed E-state index contributed by atoms with van der Waals surface area (Å²) in [7, 11) is 0. The van der Waals surface area contributed by atoms with Crippen molar-refractivity contribution in [2.75, 3.05) is 11.4 Å². The summed E-state index contributed by atoms with van der Waals surface area (Å²) >= 11 is 0. The Morgan fingerprint density at radius 1 is 1.25 bits per heavy atom. The SMILES string of the molecule is CC(C(=O)NC1CCCC1)N1CCCc2ccccc21. The molecule has 1 heterocycles. The second-order valence-electron chi connectivity index (χ2n) is 6.09. The van der Waals surface area contributed by atoms with Crippen LogP contribution in [0.25, 0.3) is 0 Å². The van der Waals surface area contributed by atoms with Gasteiger partial charge in [0, 0.05) is 18.3 Å². The lowest BCUT2D eigenvalue weighted by atomic mass is 10.00. The van der Waals surface area contributed by atoms with Crippen LogP contribution in [0.4, 0.5) is 5.69 Å². The van der Waals surface area contributed by atoms with Gasteiger partial charge < -0.3 is 10.2 Å². The van der Waals surface area contributed by atoms with E-state index < -0.39 is 0 Å². The highest BCUT2D eigenvalue weighted by molar-refractivity contribution is 5.85. The average molecular weight is 272 g/mol. The van der Waals surface area contributed by atoms with Gasteiger partial charge in [0.15, 0.2) is 0 Å². The molecule has 108 valence electrons. The minimum absolute atomic E-state index is 0.0722. The normalized spacial score (nSPS) is 20.6. The molecule has 2 aliphatic rings. The van der Waals surface area contributed by atoms with Gasteiger partial charge in [0.05, 0.1) is 0 Å². The van der Waals surface area contributed by atoms with E-state index >= 15 is 0 Å². The summed E-state index contributed by atoms with van der Waals surface area (Å²) in [5.74, 6) is 0.189. The third-order valence-corrected chi connectivity index (χ3v) is 4.69. The van der Waals surface area contributed by atoms with Gasteiger partial charge >= 0.3 is 0 Å². The Balaban J connectivity index is 1.70. The first kappa shape index (κ1) is 13.5. The van der Waals surface area contributed by atoms with E-state index in [4.69, 9.17) is 0 Å². The summed E-state index contributed by atoms with van der Waals surface area (Å²) < 4.78 is 0. The van der Waals surface area contributed by atoms with E-state index in [-0.39, 0.29) is 11.9 Å². The zero-order valence-electron chi connectivity index (χ0n) is 12.3. The molecule has 0 spiro atoms. The van der Waals surface area contributed by atoms with Crippen LogP contribution in [-0.2, 0) is 11.2 Å². The Labute approximate surface area is 121 Å². The van der Waals surface area contributed by atoms with Crippen LogP contribution >= 0.6 is 0 Å². The van der Waals surface area contributed by atoms with Crippen LogP contribution in [-0.4, -0.2) is 24.5 Å². The number of nitrogens with one attached hydrogen (secondary N) is 1. The number of aryl methyl sites for hydroxylation is 1. The van der Waals surface area contributed by atoms with E-state index in [0.29, 0.717) is 6.04 Å². The number of hydrogen-bond acceptors (Lipinski definition) is 2. The quantitative estimate of drug-likeness (QED) is 0.917. The molecule has 0 saturated heterocycles. The van der Waals surface area contributed by atoms with Crippen LogP contribution in [0.5, 0.6) is 0 Å². The van der Waals surface area contributed by atoms with Crippen molar-refractivity contribution in [1.29, 1.82) is 0 Å². The lowest BCUT2D eigenvalue weighted by Gasteiger charge is -2.35. The maximum absolute atomic E-state index is 12.5. The molecule has 0 radical (unpaired) electrons. The van der Waals surface area contributed by atoms with Gasteiger partial charge in [-0.1, -0.05) is 31.0 Å². The van der Waals surface area contributed by atoms with Crippen LogP contribution in [0.3, 0.4) is 0 Å². The van der Waals surface area contributed by atoms with Gasteiger partial charge in [-0.15, -0.1) is 0 Å². The number of nitrogens with zero attached hydrogens (tertiary/aromatic N) is 1. The lowest BCUT2D eigenvalue weighted by molar-refractivity contribution is -0.122. The molecule has 3 rings (SSSR count). The van der Waals surface area contributed by atoms with Gasteiger partial charge in [-0.2, -0.15) is 0 Å². The molecule has 1 aliphatic heterocycles. The zero-order chi connectivity index (χ0) is 13.9. The van der Waals surface area contributed by atoms with Gasteiger partial charge in [-0.25, -0.2) is 0 Å². The second kappa shape index (κ2) is 5.86. The Bertz CT molecular complexity index is 480. The number of carbonyl (C=O) groups excluding carboxylic acids is 1. The Hall–Kier alpha value is -1.51. The minimum Gasteiger partial charge on any atom is -0.360 e. The molecule has 0 bridgehead atoms. The maximum Gasteiger partial charge on any atom is 0.242 e. The fraction of sp³-hybridized carbons (Fsp3) is 0.588. The molecule has 0 aromatic heterocycles. The van der Waals surface area contributed by atoms with E-state index in [1.165, 1.54) is 24.1 Å². The summed E-state index contributed by atoms with van der Waals surface area (Å²) in [4.78, 5) is 14.7. The van der Waals surface area contributed by atoms with Crippen molar-refractivity contribution < 1.29 is 4.79 Å². The monoisotopic (exact) mass is 272 g/mol. The van der Waals surface area contributed by atoms with Crippen molar-refractivity contribution in [3.63, 3.8) is 0 Å². The highest BCUT2D eigenvalue weighted by Gasteiger charge is 2.27. The number of benzene rings is 1. The van der Waals surface area contributed by atoms with Gasteiger partial charge in [0.2, 0.25) is 5.91 Å². The average Bonchev–Trinajstić information content (AvgIpc) is 2.99. The van der Waals surface area contributed by atoms with Crippen LogP contribution in [0.15, 0.2) is 24.3 Å². The van der Waals surface area contributed by atoms with Crippen molar-refractivity contribution in [1.82, 2.24) is 5.32 Å². The summed E-state index contributed by atoms with van der Waals surface area (Å²) in [5.41, 5.74) is 2.62. The highest BCUT2D eigenvalue weighted by atomic mass is 16.2. The molecule has 1 atom stereocenters. The van der Waals surface area contributed by atoms with Crippen LogP contribution in [0.2, 0.25) is 0 Å². The lowest BCUT2D eigenvalue weighted by Crippen LogP contribution is -2.49. The number of anilines is 1. The predicted molar refractivity (Wildman–Crippen MR) is 82.0 cm³/mol. The van der Waals surface area contributed by atoms with E-state index in [1.54, 1.807) is 0 Å². The largest absolute Gasteiger partial charge is 0.360 e. The standard InChI is InChI=1S/C17H24N2O/c1-13(17(20)18-15-9-3-4-10-15)19-12-6-8-14-7-2-5-11-16(14)19/h2,5,7,11,13,15H,3-4,6,8-10,12H2,1H3,(H,18,20). The van der Waals surface area contributed by atoms with Crippen LogP contribution in [0.1, 0.15) is 44.6 Å². The van der Waals surface area contributed by atoms with Gasteiger partial charge in [0.1, 0.15) is 6.04 Å². The summed E-state index contributed by atoms with van der Waals surface area (Å²) in [6, 6.07) is 8.82. The van der Waals surface area contributed by atoms with E-state index in [9.17, 15) is 4.79 Å². The summed E-state index contributed by atoms with van der Waals surface area (Å²) in [6.07, 6.45) is 7.07. The van der Waals surface area contributed by atoms with Gasteiger partial charge in [-0.3, -0.25) is 4.79 Å². The smallest absolute Gasteiger partial charge is 0.242 e. The summed E-state index contributed by atoms with van der Waals surface area (Å²) in [6.45, 7) is 3.02. The van der Waals surface area contributed by atoms with E-state index in [2.05, 4.69) is 34.5 Å². The van der Waals surface area contributed by atoms with Gasteiger partial charge in [0.25, 0.3) is 0 Å². The molecule has 3 heteroatoms. The minimum atomic E-state index is -0.0722. The molecule has 1 unspecified atom stereocenters. The van der Waals surface area contributed by atoms with Crippen molar-refractivity contribution in [3.8, 4) is 0 Å². The Morgan fingerprint density at radius 2 is 2.00 bits per heavy atom. The summed E-state index contributed by atoms with van der Waals surface area (Å²) in [5, 5.41) is 3.23. The number of fused-ring (bicyclic) bond motifs is 1. The zero-order valence-corrected chi connectivity index (χ0v) is 12.3. The number of carbonyl (C=O) groups is 1. The molecule has 1 aromatic rings. The fourth-order valence-corrected chi connectivity index (χ4v) is 3.50. The molecular weight excluding hydrogens is 248 g/mol. The van der Waals surface area contributed by atoms with Crippen LogP contribution in [0, 0.1) is 0 Å². The number of para-hydroxylation sites is 1. The number of amides is 1. The van der Waals surface area contributed by atoms with Crippen molar-refractivity contribution >= 4 is 11.6 Å². The third-order valence-electron chi connectivity index (χ3n) is 4.69. The highest BCUT2D eigenvalue weighted by Crippen LogP contribution is 2.28. The Morgan fingerprint density at radius 3 is 2.80 bits per heavy atom. The first-order chi connectivity index (χ1) is 9.75. The van der Waals surface area contributed by atoms with Gasteiger partial charge in [-0.05, 0) is 44.2 Å². The van der Waals surface area contributed by atoms with Crippen molar-refractivity contribution in [3.05, 3.63) is 29.8 Å². The molecule has 1 aromatic carbocycles. The Kier molecular flexibility index (Phi) is 3.95. The first-order valence-corrected chi connectivity index (χ1v) is 7.90. The van der Waals surface area contributed by atoms with E-state index in [0.717, 1.165) is 32.2 Å². The van der Waals surface area contributed by atoms with E-state index in [1.807, 2.05) is 6.92 Å². The topological polar surface area (TPSA) is 32.3 Å². The predicted octanol–water partition coefficient (Wildman–Crippen LogP) is 2.89. The first-order valence-electron chi connectivity index (χ1n) is 7.90. The second-order valence-corrected chi connectivity index (χ2v) is 6.09. The molecule has 1 amide bonds. The number of hydrogen-bond donors (Lipinski definition) is 1. The van der Waals surface area contributed by atoms with Crippen molar-refractivity contribution in [2.45, 2.75) is 57.5 Å².